The number of amides is 1. The monoisotopic (exact) mass is 353 g/mol. The molecule has 2 heterocycles. The Hall–Kier alpha value is -1.17. The second-order valence-corrected chi connectivity index (χ2v) is 7.58. The van der Waals surface area contributed by atoms with Crippen molar-refractivity contribution in [2.45, 2.75) is 31.3 Å². The van der Waals surface area contributed by atoms with Crippen LogP contribution in [0.5, 0.6) is 0 Å². The molecule has 2 saturated heterocycles. The molecule has 2 fully saturated rings. The highest BCUT2D eigenvalue weighted by Crippen LogP contribution is 2.32. The van der Waals surface area contributed by atoms with Crippen LogP contribution in [0.4, 0.5) is 4.39 Å². The first-order valence-electron chi connectivity index (χ1n) is 8.51. The first-order valence-corrected chi connectivity index (χ1v) is 8.89. The minimum absolute atomic E-state index is 0.0314. The number of likely N-dealkylation sites (tertiary alicyclic amines) is 1. The fourth-order valence-corrected chi connectivity index (χ4v) is 3.99. The lowest BCUT2D eigenvalue weighted by atomic mass is 9.86. The lowest BCUT2D eigenvalue weighted by Gasteiger charge is -2.49. The predicted octanol–water partition coefficient (Wildman–Crippen LogP) is 2.61. The summed E-state index contributed by atoms with van der Waals surface area (Å²) < 4.78 is 13.7. The Morgan fingerprint density at radius 1 is 1.21 bits per heavy atom. The maximum Gasteiger partial charge on any atom is 0.222 e. The van der Waals surface area contributed by atoms with Crippen LogP contribution in [-0.2, 0) is 11.3 Å². The third-order valence-electron chi connectivity index (χ3n) is 5.61. The summed E-state index contributed by atoms with van der Waals surface area (Å²) in [7, 11) is 4.05. The average Bonchev–Trinajstić information content (AvgIpc) is 2.69. The molecule has 1 amide bonds. The van der Waals surface area contributed by atoms with E-state index < -0.39 is 0 Å². The zero-order valence-corrected chi connectivity index (χ0v) is 15.2. The molecule has 0 radical (unpaired) electrons. The van der Waals surface area contributed by atoms with Gasteiger partial charge in [-0.3, -0.25) is 14.6 Å². The molecule has 2 aliphatic heterocycles. The zero-order valence-electron chi connectivity index (χ0n) is 14.4. The molecule has 1 unspecified atom stereocenters. The number of likely N-dealkylation sites (N-methyl/N-ethyl adjacent to an activating group) is 1. The first kappa shape index (κ1) is 17.6. The van der Waals surface area contributed by atoms with Gasteiger partial charge in [0.1, 0.15) is 5.82 Å². The van der Waals surface area contributed by atoms with Gasteiger partial charge in [-0.25, -0.2) is 4.39 Å². The molecule has 0 bridgehead atoms. The Balaban J connectivity index is 1.73. The molecule has 1 aromatic carbocycles. The third kappa shape index (κ3) is 3.58. The molecule has 6 heteroatoms. The van der Waals surface area contributed by atoms with E-state index in [-0.39, 0.29) is 22.3 Å². The highest BCUT2D eigenvalue weighted by atomic mass is 35.5. The van der Waals surface area contributed by atoms with Gasteiger partial charge in [-0.05, 0) is 37.6 Å². The molecule has 4 nitrogen and oxygen atoms in total. The molecule has 1 atom stereocenters. The summed E-state index contributed by atoms with van der Waals surface area (Å²) in [4.78, 5) is 18.7. The van der Waals surface area contributed by atoms with Crippen LogP contribution >= 0.6 is 11.6 Å². The highest BCUT2D eigenvalue weighted by molar-refractivity contribution is 6.30. The van der Waals surface area contributed by atoms with Gasteiger partial charge in [-0.1, -0.05) is 17.7 Å². The number of carbonyl (C=O) groups excluding carboxylic acids is 1. The van der Waals surface area contributed by atoms with Gasteiger partial charge in [0.2, 0.25) is 5.91 Å². The van der Waals surface area contributed by atoms with Crippen molar-refractivity contribution in [1.82, 2.24) is 14.7 Å². The summed E-state index contributed by atoms with van der Waals surface area (Å²) in [6.45, 7) is 4.34. The van der Waals surface area contributed by atoms with E-state index in [0.717, 1.165) is 44.6 Å². The molecular formula is C18H25ClFN3O. The summed E-state index contributed by atoms with van der Waals surface area (Å²) in [5.41, 5.74) is 0.974. The molecule has 2 aliphatic rings. The molecule has 0 aromatic heterocycles. The standard InChI is InChI=1S/C18H25ClFN3O/c1-21-8-7-18(6-5-17(21)24)13-23(10-9-22(18)2)12-14-3-4-15(19)16(20)11-14/h3-4,11H,5-10,12-13H2,1-2H3. The van der Waals surface area contributed by atoms with E-state index in [9.17, 15) is 9.18 Å². The van der Waals surface area contributed by atoms with Crippen LogP contribution in [0.25, 0.3) is 0 Å². The molecule has 0 aliphatic carbocycles. The Kier molecular flexibility index (Phi) is 5.13. The second kappa shape index (κ2) is 6.98. The number of halogens is 2. The van der Waals surface area contributed by atoms with Gasteiger partial charge in [0.15, 0.2) is 0 Å². The Bertz CT molecular complexity index is 626. The summed E-state index contributed by atoms with van der Waals surface area (Å²) in [6.07, 6.45) is 2.47. The number of piperazine rings is 1. The molecule has 3 rings (SSSR count). The van der Waals surface area contributed by atoms with Crippen molar-refractivity contribution < 1.29 is 9.18 Å². The van der Waals surface area contributed by atoms with Gasteiger partial charge in [-0.15, -0.1) is 0 Å². The summed E-state index contributed by atoms with van der Waals surface area (Å²) >= 11 is 5.77. The maximum atomic E-state index is 13.7. The fourth-order valence-electron chi connectivity index (χ4n) is 3.87. The third-order valence-corrected chi connectivity index (χ3v) is 5.92. The first-order chi connectivity index (χ1) is 11.4. The molecule has 1 aromatic rings. The number of hydrogen-bond donors (Lipinski definition) is 0. The van der Waals surface area contributed by atoms with Crippen molar-refractivity contribution in [2.75, 3.05) is 40.3 Å². The van der Waals surface area contributed by atoms with Gasteiger partial charge >= 0.3 is 0 Å². The molecular weight excluding hydrogens is 329 g/mol. The van der Waals surface area contributed by atoms with E-state index in [4.69, 9.17) is 11.6 Å². The van der Waals surface area contributed by atoms with E-state index in [1.54, 1.807) is 6.07 Å². The quantitative estimate of drug-likeness (QED) is 0.817. The molecule has 132 valence electrons. The minimum Gasteiger partial charge on any atom is -0.346 e. The fraction of sp³-hybridized carbons (Fsp3) is 0.611. The topological polar surface area (TPSA) is 26.8 Å². The van der Waals surface area contributed by atoms with E-state index in [2.05, 4.69) is 16.8 Å². The normalized spacial score (nSPS) is 26.8. The summed E-state index contributed by atoms with van der Waals surface area (Å²) in [5, 5.41) is 0.166. The van der Waals surface area contributed by atoms with Crippen molar-refractivity contribution in [3.05, 3.63) is 34.6 Å². The van der Waals surface area contributed by atoms with Crippen LogP contribution in [0.15, 0.2) is 18.2 Å². The smallest absolute Gasteiger partial charge is 0.222 e. The van der Waals surface area contributed by atoms with Gasteiger partial charge in [0.25, 0.3) is 0 Å². The SMILES string of the molecule is CN1CCC2(CCC1=O)CN(Cc1ccc(Cl)c(F)c1)CCN2C. The number of carbonyl (C=O) groups is 1. The average molecular weight is 354 g/mol. The van der Waals surface area contributed by atoms with E-state index in [0.29, 0.717) is 13.0 Å². The van der Waals surface area contributed by atoms with Gasteiger partial charge in [0, 0.05) is 51.7 Å². The Morgan fingerprint density at radius 2 is 2.00 bits per heavy atom. The molecule has 0 N–H and O–H groups in total. The summed E-state index contributed by atoms with van der Waals surface area (Å²) in [5.74, 6) is -0.128. The number of benzene rings is 1. The maximum absolute atomic E-state index is 13.7. The van der Waals surface area contributed by atoms with Crippen molar-refractivity contribution in [2.24, 2.45) is 0 Å². The van der Waals surface area contributed by atoms with E-state index in [1.807, 2.05) is 18.0 Å². The van der Waals surface area contributed by atoms with Crippen LogP contribution < -0.4 is 0 Å². The molecule has 0 saturated carbocycles. The van der Waals surface area contributed by atoms with Crippen LogP contribution in [0.3, 0.4) is 0 Å². The predicted molar refractivity (Wildman–Crippen MR) is 93.5 cm³/mol. The van der Waals surface area contributed by atoms with Crippen molar-refractivity contribution in [3.63, 3.8) is 0 Å². The summed E-state index contributed by atoms with van der Waals surface area (Å²) in [6, 6.07) is 5.04. The largest absolute Gasteiger partial charge is 0.346 e. The Labute approximate surface area is 148 Å². The molecule has 24 heavy (non-hydrogen) atoms. The lowest BCUT2D eigenvalue weighted by Crippen LogP contribution is -2.60. The minimum atomic E-state index is -0.361. The molecule has 1 spiro atoms. The second-order valence-electron chi connectivity index (χ2n) is 7.17. The van der Waals surface area contributed by atoms with Crippen molar-refractivity contribution >= 4 is 17.5 Å². The Morgan fingerprint density at radius 3 is 2.75 bits per heavy atom. The van der Waals surface area contributed by atoms with Crippen molar-refractivity contribution in [3.8, 4) is 0 Å². The number of hydrogen-bond acceptors (Lipinski definition) is 3. The van der Waals surface area contributed by atoms with Crippen LogP contribution in [0.1, 0.15) is 24.8 Å². The van der Waals surface area contributed by atoms with Crippen molar-refractivity contribution in [1.29, 1.82) is 0 Å². The van der Waals surface area contributed by atoms with Crippen LogP contribution in [-0.4, -0.2) is 66.4 Å². The van der Waals surface area contributed by atoms with Gasteiger partial charge in [-0.2, -0.15) is 0 Å². The van der Waals surface area contributed by atoms with Crippen LogP contribution in [0.2, 0.25) is 5.02 Å². The zero-order chi connectivity index (χ0) is 17.3. The van der Waals surface area contributed by atoms with Crippen LogP contribution in [0, 0.1) is 5.82 Å². The van der Waals surface area contributed by atoms with E-state index >= 15 is 0 Å². The highest BCUT2D eigenvalue weighted by Gasteiger charge is 2.41. The van der Waals surface area contributed by atoms with E-state index in [1.165, 1.54) is 6.07 Å². The number of nitrogens with zero attached hydrogens (tertiary/aromatic N) is 3. The van der Waals surface area contributed by atoms with Gasteiger partial charge in [0.05, 0.1) is 5.02 Å². The number of rotatable bonds is 2. The van der Waals surface area contributed by atoms with Gasteiger partial charge < -0.3 is 4.90 Å². The lowest BCUT2D eigenvalue weighted by molar-refractivity contribution is -0.129.